The molecule has 3 rings (SSSR count). The first-order chi connectivity index (χ1) is 12.5. The van der Waals surface area contributed by atoms with Crippen LogP contribution >= 0.6 is 34.8 Å². The molecule has 0 fully saturated rings. The molecule has 26 heavy (non-hydrogen) atoms. The van der Waals surface area contributed by atoms with Gasteiger partial charge < -0.3 is 10.5 Å². The Bertz CT molecular complexity index is 943. The fourth-order valence-electron chi connectivity index (χ4n) is 2.17. The number of halogens is 3. The second-order valence-corrected chi connectivity index (χ2v) is 6.39. The summed E-state index contributed by atoms with van der Waals surface area (Å²) in [6.45, 7) is 0.154. The molecule has 0 aliphatic carbocycles. The largest absolute Gasteiger partial charge is 0.489 e. The van der Waals surface area contributed by atoms with Crippen LogP contribution in [0.5, 0.6) is 5.75 Å². The number of anilines is 1. The molecule has 3 aromatic rings. The van der Waals surface area contributed by atoms with Gasteiger partial charge in [-0.05, 0) is 29.8 Å². The summed E-state index contributed by atoms with van der Waals surface area (Å²) >= 11 is 17.9. The maximum absolute atomic E-state index is 8.33. The molecule has 9 heteroatoms. The Morgan fingerprint density at radius 3 is 2.35 bits per heavy atom. The third-order valence-electron chi connectivity index (χ3n) is 3.54. The third kappa shape index (κ3) is 4.04. The van der Waals surface area contributed by atoms with Crippen molar-refractivity contribution in [2.75, 3.05) is 5.73 Å². The van der Waals surface area contributed by atoms with Crippen molar-refractivity contribution in [1.82, 2.24) is 15.0 Å². The monoisotopic (exact) mass is 407 g/mol. The predicted molar refractivity (Wildman–Crippen MR) is 102 cm³/mol. The van der Waals surface area contributed by atoms with Crippen molar-refractivity contribution in [3.63, 3.8) is 0 Å². The van der Waals surface area contributed by atoms with Crippen molar-refractivity contribution >= 4 is 46.2 Å². The highest BCUT2D eigenvalue weighted by molar-refractivity contribution is 6.35. The number of hydrogen-bond donors (Lipinski definition) is 2. The van der Waals surface area contributed by atoms with Crippen molar-refractivity contribution in [3.8, 4) is 5.75 Å². The highest BCUT2D eigenvalue weighted by atomic mass is 35.5. The van der Waals surface area contributed by atoms with Gasteiger partial charge in [0.25, 0.3) is 0 Å². The smallest absolute Gasteiger partial charge is 0.222 e. The summed E-state index contributed by atoms with van der Waals surface area (Å²) in [4.78, 5) is 11.7. The zero-order valence-electron chi connectivity index (χ0n) is 13.2. The lowest BCUT2D eigenvalue weighted by Gasteiger charge is -2.12. The number of hydrogen-bond acceptors (Lipinski definition) is 6. The number of nitrogens with zero attached hydrogens (tertiary/aromatic N) is 3. The van der Waals surface area contributed by atoms with Gasteiger partial charge >= 0.3 is 0 Å². The van der Waals surface area contributed by atoms with Gasteiger partial charge in [0.15, 0.2) is 0 Å². The molecule has 0 saturated carbocycles. The lowest BCUT2D eigenvalue weighted by molar-refractivity contribution is 0.306. The second-order valence-electron chi connectivity index (χ2n) is 5.24. The number of nitrogen functional groups attached to an aromatic ring is 1. The fraction of sp³-hybridized carbons (Fsp3) is 0.0588. The van der Waals surface area contributed by atoms with Gasteiger partial charge in [0.2, 0.25) is 5.28 Å². The van der Waals surface area contributed by atoms with Crippen molar-refractivity contribution in [3.05, 3.63) is 75.0 Å². The summed E-state index contributed by atoms with van der Waals surface area (Å²) < 4.78 is 5.75. The lowest BCUT2D eigenvalue weighted by Crippen LogP contribution is -2.07. The average molecular weight is 409 g/mol. The maximum Gasteiger partial charge on any atom is 0.222 e. The zero-order valence-corrected chi connectivity index (χ0v) is 15.5. The van der Waals surface area contributed by atoms with Crippen molar-refractivity contribution in [1.29, 1.82) is 5.41 Å². The first kappa shape index (κ1) is 18.4. The third-order valence-corrected chi connectivity index (χ3v) is 4.39. The summed E-state index contributed by atoms with van der Waals surface area (Å²) in [5, 5.41) is 9.27. The maximum atomic E-state index is 8.33. The number of nitrogens with one attached hydrogen (secondary N) is 1. The molecular formula is C17H12Cl3N5O. The van der Waals surface area contributed by atoms with E-state index in [1.165, 1.54) is 24.8 Å². The Balaban J connectivity index is 1.83. The van der Waals surface area contributed by atoms with Crippen LogP contribution in [-0.2, 0) is 6.61 Å². The molecule has 0 amide bonds. The van der Waals surface area contributed by atoms with E-state index in [1.807, 2.05) is 0 Å². The van der Waals surface area contributed by atoms with E-state index in [2.05, 4.69) is 15.0 Å². The Labute approximate surface area is 164 Å². The van der Waals surface area contributed by atoms with Gasteiger partial charge in [-0.2, -0.15) is 0 Å². The molecule has 132 valence electrons. The van der Waals surface area contributed by atoms with Crippen molar-refractivity contribution < 1.29 is 4.74 Å². The number of benzene rings is 1. The van der Waals surface area contributed by atoms with Gasteiger partial charge in [0.1, 0.15) is 12.4 Å². The number of nitrogens with two attached hydrogens (primary N) is 1. The van der Waals surface area contributed by atoms with Gasteiger partial charge in [-0.15, -0.1) is 0 Å². The number of pyridine rings is 1. The number of aromatic nitrogens is 3. The van der Waals surface area contributed by atoms with Crippen LogP contribution in [-0.4, -0.2) is 20.7 Å². The molecule has 0 saturated heterocycles. The molecule has 6 nitrogen and oxygen atoms in total. The Kier molecular flexibility index (Phi) is 5.56. The van der Waals surface area contributed by atoms with E-state index in [4.69, 9.17) is 50.7 Å². The summed E-state index contributed by atoms with van der Waals surface area (Å²) in [5.74, 6) is 0.512. The van der Waals surface area contributed by atoms with Crippen LogP contribution in [0.2, 0.25) is 15.3 Å². The summed E-state index contributed by atoms with van der Waals surface area (Å²) in [5.41, 5.74) is 8.18. The highest BCUT2D eigenvalue weighted by Crippen LogP contribution is 2.27. The minimum absolute atomic E-state index is 0.109. The quantitative estimate of drug-likeness (QED) is 0.370. The summed E-state index contributed by atoms with van der Waals surface area (Å²) in [6.07, 6.45) is 5.91. The van der Waals surface area contributed by atoms with Crippen LogP contribution in [0.3, 0.4) is 0 Å². The first-order valence-electron chi connectivity index (χ1n) is 7.32. The topological polar surface area (TPSA) is 97.8 Å². The molecule has 3 N–H and O–H groups in total. The summed E-state index contributed by atoms with van der Waals surface area (Å²) in [6, 6.07) is 5.02. The highest BCUT2D eigenvalue weighted by Gasteiger charge is 2.12. The van der Waals surface area contributed by atoms with E-state index in [9.17, 15) is 0 Å². The molecule has 2 aromatic heterocycles. The van der Waals surface area contributed by atoms with E-state index >= 15 is 0 Å². The standard InChI is InChI=1S/C17H12Cl3N5O/c18-13-6-23-7-14(19)12(13)8-26-10-1-2-15(21)11(3-10)16(22)9-4-24-17(20)25-5-9/h1-7,22H,8,21H2. The van der Waals surface area contributed by atoms with Gasteiger partial charge in [-0.25, -0.2) is 9.97 Å². The van der Waals surface area contributed by atoms with Crippen molar-refractivity contribution in [2.45, 2.75) is 6.61 Å². The summed E-state index contributed by atoms with van der Waals surface area (Å²) in [7, 11) is 0. The normalized spacial score (nSPS) is 10.6. The van der Waals surface area contributed by atoms with Gasteiger partial charge in [-0.3, -0.25) is 10.4 Å². The molecule has 0 atom stereocenters. The van der Waals surface area contributed by atoms with Crippen LogP contribution in [0.15, 0.2) is 43.0 Å². The van der Waals surface area contributed by atoms with Crippen LogP contribution < -0.4 is 10.5 Å². The molecule has 2 heterocycles. The Morgan fingerprint density at radius 2 is 1.69 bits per heavy atom. The van der Waals surface area contributed by atoms with Crippen LogP contribution in [0.25, 0.3) is 0 Å². The van der Waals surface area contributed by atoms with Crippen LogP contribution in [0.1, 0.15) is 16.7 Å². The SMILES string of the molecule is N=C(c1cnc(Cl)nc1)c1cc(OCc2c(Cl)cncc2Cl)ccc1N. The molecule has 0 unspecified atom stereocenters. The first-order valence-corrected chi connectivity index (χ1v) is 8.46. The fourth-order valence-corrected chi connectivity index (χ4v) is 2.74. The zero-order chi connectivity index (χ0) is 18.7. The second kappa shape index (κ2) is 7.86. The van der Waals surface area contributed by atoms with E-state index < -0.39 is 0 Å². The molecule has 0 spiro atoms. The molecule has 0 radical (unpaired) electrons. The molecule has 0 aliphatic heterocycles. The van der Waals surface area contributed by atoms with Gasteiger partial charge in [0.05, 0.1) is 15.8 Å². The Morgan fingerprint density at radius 1 is 1.04 bits per heavy atom. The van der Waals surface area contributed by atoms with Crippen molar-refractivity contribution in [2.24, 2.45) is 0 Å². The van der Waals surface area contributed by atoms with E-state index in [1.54, 1.807) is 18.2 Å². The Hall–Kier alpha value is -2.41. The predicted octanol–water partition coefficient (Wildman–Crippen LogP) is 4.41. The average Bonchev–Trinajstić information content (AvgIpc) is 2.62. The molecule has 0 aliphatic rings. The molecule has 1 aromatic carbocycles. The lowest BCUT2D eigenvalue weighted by atomic mass is 10.0. The van der Waals surface area contributed by atoms with Gasteiger partial charge in [-0.1, -0.05) is 23.2 Å². The van der Waals surface area contributed by atoms with E-state index in [-0.39, 0.29) is 17.6 Å². The minimum Gasteiger partial charge on any atom is -0.489 e. The van der Waals surface area contributed by atoms with Gasteiger partial charge in [0, 0.05) is 47.2 Å². The van der Waals surface area contributed by atoms with Crippen LogP contribution in [0.4, 0.5) is 5.69 Å². The number of rotatable bonds is 5. The molecule has 0 bridgehead atoms. The number of ether oxygens (including phenoxy) is 1. The minimum atomic E-state index is 0.109. The van der Waals surface area contributed by atoms with Crippen LogP contribution in [0, 0.1) is 5.41 Å². The van der Waals surface area contributed by atoms with E-state index in [0.29, 0.717) is 38.2 Å². The van der Waals surface area contributed by atoms with E-state index in [0.717, 1.165) is 0 Å². The molecular weight excluding hydrogens is 397 g/mol.